The van der Waals surface area contributed by atoms with Crippen LogP contribution in [0.5, 0.6) is 0 Å². The Morgan fingerprint density at radius 1 is 1.14 bits per heavy atom. The van der Waals surface area contributed by atoms with Crippen molar-refractivity contribution in [3.63, 3.8) is 0 Å². The number of primary amides is 1. The second-order valence-electron chi connectivity index (χ2n) is 6.87. The zero-order chi connectivity index (χ0) is 19.3. The molecule has 7 heteroatoms. The van der Waals surface area contributed by atoms with E-state index in [0.29, 0.717) is 12.1 Å². The third-order valence-corrected chi connectivity index (χ3v) is 5.59. The van der Waals surface area contributed by atoms with Gasteiger partial charge in [-0.1, -0.05) is 46.3 Å². The van der Waals surface area contributed by atoms with Crippen molar-refractivity contribution >= 4 is 51.8 Å². The molecule has 3 rings (SSSR count). The van der Waals surface area contributed by atoms with Crippen LogP contribution < -0.4 is 16.4 Å². The molecular weight excluding hydrogens is 531 g/mol. The molecule has 1 saturated carbocycles. The van der Waals surface area contributed by atoms with Gasteiger partial charge in [-0.15, -0.1) is 24.0 Å². The van der Waals surface area contributed by atoms with Gasteiger partial charge in [0.15, 0.2) is 5.96 Å². The summed E-state index contributed by atoms with van der Waals surface area (Å²) in [6, 6.07) is 15.7. The second kappa shape index (κ2) is 10.2. The van der Waals surface area contributed by atoms with Crippen molar-refractivity contribution in [2.45, 2.75) is 31.7 Å². The number of guanidine groups is 1. The Bertz CT molecular complexity index is 835. The van der Waals surface area contributed by atoms with Crippen LogP contribution in [-0.2, 0) is 12.0 Å². The van der Waals surface area contributed by atoms with Crippen molar-refractivity contribution in [2.24, 2.45) is 10.7 Å². The molecule has 0 radical (unpaired) electrons. The average Bonchev–Trinajstić information content (AvgIpc) is 3.45. The number of hydrogen-bond donors (Lipinski definition) is 3. The minimum absolute atomic E-state index is 0. The zero-order valence-electron chi connectivity index (χ0n) is 15.9. The molecule has 2 aromatic rings. The van der Waals surface area contributed by atoms with Crippen LogP contribution in [0.25, 0.3) is 0 Å². The fraction of sp³-hybridized carbons (Fsp3) is 0.333. The molecule has 0 atom stereocenters. The first-order valence-electron chi connectivity index (χ1n) is 9.20. The predicted molar refractivity (Wildman–Crippen MR) is 128 cm³/mol. The molecule has 150 valence electrons. The number of amides is 1. The van der Waals surface area contributed by atoms with Crippen LogP contribution in [-0.4, -0.2) is 25.0 Å². The monoisotopic (exact) mass is 556 g/mol. The average molecular weight is 557 g/mol. The molecule has 1 amide bonds. The van der Waals surface area contributed by atoms with Crippen molar-refractivity contribution in [3.05, 3.63) is 69.7 Å². The van der Waals surface area contributed by atoms with Crippen molar-refractivity contribution < 1.29 is 4.79 Å². The van der Waals surface area contributed by atoms with Gasteiger partial charge in [-0.25, -0.2) is 4.99 Å². The summed E-state index contributed by atoms with van der Waals surface area (Å²) in [6.07, 6.45) is 2.35. The summed E-state index contributed by atoms with van der Waals surface area (Å²) in [6.45, 7) is 4.24. The Balaban J connectivity index is 0.00000280. The van der Waals surface area contributed by atoms with Gasteiger partial charge in [0.25, 0.3) is 0 Å². The van der Waals surface area contributed by atoms with Gasteiger partial charge < -0.3 is 16.4 Å². The number of halogens is 2. The van der Waals surface area contributed by atoms with E-state index in [1.807, 2.05) is 18.2 Å². The lowest BCUT2D eigenvalue weighted by Crippen LogP contribution is -2.41. The van der Waals surface area contributed by atoms with Gasteiger partial charge in [0, 0.05) is 28.5 Å². The van der Waals surface area contributed by atoms with Gasteiger partial charge in [0.2, 0.25) is 5.91 Å². The Morgan fingerprint density at radius 2 is 1.82 bits per heavy atom. The van der Waals surface area contributed by atoms with Crippen LogP contribution >= 0.6 is 39.9 Å². The number of aliphatic imine (C=N–C) groups is 1. The summed E-state index contributed by atoms with van der Waals surface area (Å²) in [5, 5.41) is 6.79. The van der Waals surface area contributed by atoms with E-state index in [1.54, 1.807) is 12.1 Å². The van der Waals surface area contributed by atoms with E-state index in [-0.39, 0.29) is 29.4 Å². The highest BCUT2D eigenvalue weighted by molar-refractivity contribution is 14.0. The lowest BCUT2D eigenvalue weighted by atomic mass is 9.96. The molecule has 28 heavy (non-hydrogen) atoms. The Hall–Kier alpha value is -1.61. The summed E-state index contributed by atoms with van der Waals surface area (Å²) < 4.78 is 1.17. The molecule has 5 nitrogen and oxygen atoms in total. The molecule has 0 unspecified atom stereocenters. The summed E-state index contributed by atoms with van der Waals surface area (Å²) in [5.74, 6) is 0.386. The first-order chi connectivity index (χ1) is 13.0. The van der Waals surface area contributed by atoms with Gasteiger partial charge in [0.1, 0.15) is 0 Å². The summed E-state index contributed by atoms with van der Waals surface area (Å²) in [7, 11) is 0. The standard InChI is InChI=1S/C21H25BrN4O.HI/c1-2-24-20(25-13-15-7-9-16(10-8-15)19(23)27)26-14-21(11-12-21)17-5-3-4-6-18(17)22;/h3-10H,2,11-14H2,1H3,(H2,23,27)(H2,24,25,26);1H. The normalized spacial score (nSPS) is 14.7. The Kier molecular flexibility index (Phi) is 8.30. The third-order valence-electron chi connectivity index (χ3n) is 4.90. The largest absolute Gasteiger partial charge is 0.366 e. The highest BCUT2D eigenvalue weighted by Crippen LogP contribution is 2.49. The first kappa shape index (κ1) is 22.7. The van der Waals surface area contributed by atoms with Crippen LogP contribution in [0.15, 0.2) is 58.0 Å². The molecule has 1 aliphatic rings. The molecule has 0 heterocycles. The third kappa shape index (κ3) is 5.70. The number of carbonyl (C=O) groups is 1. The van der Waals surface area contributed by atoms with Crippen LogP contribution in [0.2, 0.25) is 0 Å². The van der Waals surface area contributed by atoms with Crippen molar-refractivity contribution in [1.82, 2.24) is 10.6 Å². The maximum absolute atomic E-state index is 11.2. The zero-order valence-corrected chi connectivity index (χ0v) is 19.8. The number of nitrogens with one attached hydrogen (secondary N) is 2. The van der Waals surface area contributed by atoms with E-state index in [2.05, 4.69) is 56.7 Å². The summed E-state index contributed by atoms with van der Waals surface area (Å²) >= 11 is 3.68. The number of nitrogens with zero attached hydrogens (tertiary/aromatic N) is 1. The second-order valence-corrected chi connectivity index (χ2v) is 7.72. The van der Waals surface area contributed by atoms with Gasteiger partial charge in [0.05, 0.1) is 6.54 Å². The lowest BCUT2D eigenvalue weighted by Gasteiger charge is -2.20. The van der Waals surface area contributed by atoms with E-state index in [1.165, 1.54) is 22.9 Å². The smallest absolute Gasteiger partial charge is 0.248 e. The van der Waals surface area contributed by atoms with Crippen molar-refractivity contribution in [2.75, 3.05) is 13.1 Å². The number of rotatable bonds is 7. The molecular formula is C21H26BrIN4O. The van der Waals surface area contributed by atoms with Crippen molar-refractivity contribution in [1.29, 1.82) is 0 Å². The van der Waals surface area contributed by atoms with Crippen LogP contribution in [0, 0.1) is 0 Å². The molecule has 0 bridgehead atoms. The molecule has 0 aromatic heterocycles. The van der Waals surface area contributed by atoms with Crippen LogP contribution in [0.1, 0.15) is 41.3 Å². The van der Waals surface area contributed by atoms with Gasteiger partial charge in [-0.05, 0) is 49.1 Å². The van der Waals surface area contributed by atoms with E-state index >= 15 is 0 Å². The topological polar surface area (TPSA) is 79.5 Å². The summed E-state index contributed by atoms with van der Waals surface area (Å²) in [4.78, 5) is 15.8. The van der Waals surface area contributed by atoms with E-state index in [9.17, 15) is 4.79 Å². The molecule has 0 spiro atoms. The number of nitrogens with two attached hydrogens (primary N) is 1. The Morgan fingerprint density at radius 3 is 2.39 bits per heavy atom. The highest BCUT2D eigenvalue weighted by atomic mass is 127. The molecule has 0 aliphatic heterocycles. The predicted octanol–water partition coefficient (Wildman–Crippen LogP) is 3.95. The number of benzene rings is 2. The van der Waals surface area contributed by atoms with Gasteiger partial charge >= 0.3 is 0 Å². The fourth-order valence-electron chi connectivity index (χ4n) is 3.12. The lowest BCUT2D eigenvalue weighted by molar-refractivity contribution is 0.100. The molecule has 2 aromatic carbocycles. The van der Waals surface area contributed by atoms with Gasteiger partial charge in [-0.2, -0.15) is 0 Å². The Labute approximate surface area is 191 Å². The fourth-order valence-corrected chi connectivity index (χ4v) is 3.83. The van der Waals surface area contributed by atoms with Crippen molar-refractivity contribution in [3.8, 4) is 0 Å². The summed E-state index contributed by atoms with van der Waals surface area (Å²) in [5.41, 5.74) is 8.36. The van der Waals surface area contributed by atoms with E-state index in [4.69, 9.17) is 5.73 Å². The minimum Gasteiger partial charge on any atom is -0.366 e. The first-order valence-corrected chi connectivity index (χ1v) is 9.99. The quantitative estimate of drug-likeness (QED) is 0.274. The number of carbonyl (C=O) groups excluding carboxylic acids is 1. The number of hydrogen-bond acceptors (Lipinski definition) is 2. The minimum atomic E-state index is -0.415. The van der Waals surface area contributed by atoms with Crippen LogP contribution in [0.3, 0.4) is 0 Å². The highest BCUT2D eigenvalue weighted by Gasteiger charge is 2.45. The van der Waals surface area contributed by atoms with Gasteiger partial charge in [-0.3, -0.25) is 4.79 Å². The molecule has 1 fully saturated rings. The molecule has 0 saturated heterocycles. The van der Waals surface area contributed by atoms with E-state index in [0.717, 1.165) is 24.6 Å². The van der Waals surface area contributed by atoms with E-state index < -0.39 is 5.91 Å². The maximum Gasteiger partial charge on any atom is 0.248 e. The molecule has 4 N–H and O–H groups in total. The maximum atomic E-state index is 11.2. The SMILES string of the molecule is CCNC(=NCc1ccc(C(N)=O)cc1)NCC1(c2ccccc2Br)CC1.I. The molecule has 1 aliphatic carbocycles. The van der Waals surface area contributed by atoms with Crippen LogP contribution in [0.4, 0.5) is 0 Å².